The third-order valence-electron chi connectivity index (χ3n) is 4.70. The zero-order valence-electron chi connectivity index (χ0n) is 14.1. The molecular weight excluding hydrogens is 302 g/mol. The molecule has 4 nitrogen and oxygen atoms in total. The highest BCUT2D eigenvalue weighted by Crippen LogP contribution is 2.29. The lowest BCUT2D eigenvalue weighted by molar-refractivity contribution is 0.285. The molecule has 0 bridgehead atoms. The minimum atomic E-state index is -0.280. The number of fused-ring (bicyclic) bond motifs is 2. The van der Waals surface area contributed by atoms with Gasteiger partial charge in [-0.3, -0.25) is 4.90 Å². The Hall–Kier alpha value is -2.33. The van der Waals surface area contributed by atoms with E-state index in [9.17, 15) is 4.79 Å². The molecule has 1 aliphatic carbocycles. The van der Waals surface area contributed by atoms with Crippen LogP contribution in [0.4, 0.5) is 0 Å². The van der Waals surface area contributed by atoms with Crippen molar-refractivity contribution in [1.29, 1.82) is 0 Å². The molecule has 0 unspecified atom stereocenters. The summed E-state index contributed by atoms with van der Waals surface area (Å²) in [6, 6.07) is 9.85. The van der Waals surface area contributed by atoms with Gasteiger partial charge in [-0.15, -0.1) is 0 Å². The largest absolute Gasteiger partial charge is 0.465 e. The van der Waals surface area contributed by atoms with Gasteiger partial charge in [-0.05, 0) is 74.2 Å². The zero-order chi connectivity index (χ0) is 16.7. The number of hydrogen-bond donors (Lipinski definition) is 0. The van der Waals surface area contributed by atoms with E-state index in [-0.39, 0.29) is 5.63 Å². The summed E-state index contributed by atoms with van der Waals surface area (Å²) in [6.45, 7) is 3.33. The maximum absolute atomic E-state index is 11.9. The van der Waals surface area contributed by atoms with Gasteiger partial charge in [0.1, 0.15) is 17.1 Å². The van der Waals surface area contributed by atoms with Crippen LogP contribution < -0.4 is 5.63 Å². The van der Waals surface area contributed by atoms with Crippen LogP contribution in [0.25, 0.3) is 11.0 Å². The standard InChI is InChI=1S/C20H21NO3/c1-13-6-7-17(23-13)12-21(2)11-16-10-20(22)24-19-9-15-5-3-4-14(15)8-18(16)19/h6-10H,3-5,11-12H2,1-2H3. The molecule has 1 aliphatic rings. The number of aryl methyl sites for hydroxylation is 3. The zero-order valence-corrected chi connectivity index (χ0v) is 14.1. The number of rotatable bonds is 4. The predicted molar refractivity (Wildman–Crippen MR) is 93.1 cm³/mol. The molecule has 0 atom stereocenters. The van der Waals surface area contributed by atoms with Gasteiger partial charge in [0.05, 0.1) is 6.54 Å². The number of nitrogens with zero attached hydrogens (tertiary/aromatic N) is 1. The molecule has 124 valence electrons. The fourth-order valence-electron chi connectivity index (χ4n) is 3.61. The van der Waals surface area contributed by atoms with Crippen LogP contribution >= 0.6 is 0 Å². The van der Waals surface area contributed by atoms with E-state index in [1.54, 1.807) is 6.07 Å². The molecule has 1 aromatic carbocycles. The SMILES string of the molecule is Cc1ccc(CN(C)Cc2cc(=O)oc3cc4c(cc23)CCC4)o1. The average Bonchev–Trinajstić information content (AvgIpc) is 3.13. The Kier molecular flexibility index (Phi) is 3.77. The van der Waals surface area contributed by atoms with Gasteiger partial charge in [-0.2, -0.15) is 0 Å². The molecule has 0 aliphatic heterocycles. The van der Waals surface area contributed by atoms with Gasteiger partial charge in [0.2, 0.25) is 0 Å². The third kappa shape index (κ3) is 2.89. The molecule has 0 fully saturated rings. The van der Waals surface area contributed by atoms with E-state index >= 15 is 0 Å². The van der Waals surface area contributed by atoms with Gasteiger partial charge in [0.25, 0.3) is 0 Å². The molecule has 2 heterocycles. The highest BCUT2D eigenvalue weighted by molar-refractivity contribution is 5.82. The highest BCUT2D eigenvalue weighted by atomic mass is 16.4. The van der Waals surface area contributed by atoms with Gasteiger partial charge >= 0.3 is 5.63 Å². The summed E-state index contributed by atoms with van der Waals surface area (Å²) in [6.07, 6.45) is 3.38. The van der Waals surface area contributed by atoms with Crippen LogP contribution in [0.2, 0.25) is 0 Å². The summed E-state index contributed by atoms with van der Waals surface area (Å²) in [5.74, 6) is 1.85. The molecule has 24 heavy (non-hydrogen) atoms. The van der Waals surface area contributed by atoms with E-state index in [4.69, 9.17) is 8.83 Å². The van der Waals surface area contributed by atoms with E-state index in [0.717, 1.165) is 35.3 Å². The van der Waals surface area contributed by atoms with E-state index in [0.29, 0.717) is 18.7 Å². The molecule has 2 aromatic heterocycles. The van der Waals surface area contributed by atoms with Crippen LogP contribution in [0.3, 0.4) is 0 Å². The Labute approximate surface area is 140 Å². The topological polar surface area (TPSA) is 46.6 Å². The second kappa shape index (κ2) is 5.95. The van der Waals surface area contributed by atoms with Gasteiger partial charge in [0.15, 0.2) is 0 Å². The summed E-state index contributed by atoms with van der Waals surface area (Å²) in [5.41, 5.74) is 4.16. The fourth-order valence-corrected chi connectivity index (χ4v) is 3.61. The smallest absolute Gasteiger partial charge is 0.336 e. The minimum Gasteiger partial charge on any atom is -0.465 e. The maximum atomic E-state index is 11.9. The average molecular weight is 323 g/mol. The summed E-state index contributed by atoms with van der Waals surface area (Å²) < 4.78 is 11.1. The predicted octanol–water partition coefficient (Wildman–Crippen LogP) is 3.82. The Balaban J connectivity index is 1.66. The first-order chi connectivity index (χ1) is 11.6. The Bertz CT molecular complexity index is 951. The van der Waals surface area contributed by atoms with Crippen molar-refractivity contribution in [2.24, 2.45) is 0 Å². The molecule has 0 amide bonds. The monoisotopic (exact) mass is 323 g/mol. The van der Waals surface area contributed by atoms with Crippen LogP contribution in [0.15, 0.2) is 44.0 Å². The second-order valence-corrected chi connectivity index (χ2v) is 6.75. The third-order valence-corrected chi connectivity index (χ3v) is 4.70. The molecule has 0 saturated heterocycles. The van der Waals surface area contributed by atoms with E-state index in [1.807, 2.05) is 26.1 Å². The molecule has 0 spiro atoms. The van der Waals surface area contributed by atoms with Crippen molar-refractivity contribution in [2.75, 3.05) is 7.05 Å². The Morgan fingerprint density at radius 2 is 1.83 bits per heavy atom. The Morgan fingerprint density at radius 1 is 1.04 bits per heavy atom. The Morgan fingerprint density at radius 3 is 2.58 bits per heavy atom. The number of hydrogen-bond acceptors (Lipinski definition) is 4. The number of furan rings is 1. The van der Waals surface area contributed by atoms with Crippen LogP contribution in [0.5, 0.6) is 0 Å². The first-order valence-electron chi connectivity index (χ1n) is 8.41. The lowest BCUT2D eigenvalue weighted by atomic mass is 10.0. The first-order valence-corrected chi connectivity index (χ1v) is 8.41. The van der Waals surface area contributed by atoms with E-state index < -0.39 is 0 Å². The molecule has 3 aromatic rings. The van der Waals surface area contributed by atoms with Crippen molar-refractivity contribution in [3.8, 4) is 0 Å². The highest BCUT2D eigenvalue weighted by Gasteiger charge is 2.16. The quantitative estimate of drug-likeness (QED) is 0.685. The van der Waals surface area contributed by atoms with Crippen molar-refractivity contribution in [2.45, 2.75) is 39.3 Å². The fraction of sp³-hybridized carbons (Fsp3) is 0.350. The number of benzene rings is 1. The van der Waals surface area contributed by atoms with Crippen molar-refractivity contribution in [1.82, 2.24) is 4.90 Å². The molecule has 4 heteroatoms. The van der Waals surface area contributed by atoms with Crippen molar-refractivity contribution >= 4 is 11.0 Å². The molecule has 4 rings (SSSR count). The summed E-state index contributed by atoms with van der Waals surface area (Å²) in [7, 11) is 2.03. The molecule has 0 saturated carbocycles. The van der Waals surface area contributed by atoms with Crippen molar-refractivity contribution in [3.05, 3.63) is 69.0 Å². The normalized spacial score (nSPS) is 13.8. The minimum absolute atomic E-state index is 0.280. The van der Waals surface area contributed by atoms with Gasteiger partial charge in [-0.25, -0.2) is 4.79 Å². The first kappa shape index (κ1) is 15.2. The summed E-state index contributed by atoms with van der Waals surface area (Å²) in [4.78, 5) is 14.1. The van der Waals surface area contributed by atoms with Crippen LogP contribution in [0, 0.1) is 6.92 Å². The van der Waals surface area contributed by atoms with E-state index in [1.165, 1.54) is 17.5 Å². The molecular formula is C20H21NO3. The van der Waals surface area contributed by atoms with Crippen molar-refractivity contribution in [3.63, 3.8) is 0 Å². The van der Waals surface area contributed by atoms with Crippen molar-refractivity contribution < 1.29 is 8.83 Å². The second-order valence-electron chi connectivity index (χ2n) is 6.75. The lowest BCUT2D eigenvalue weighted by Crippen LogP contribution is -2.18. The van der Waals surface area contributed by atoms with Crippen LogP contribution in [0.1, 0.15) is 34.6 Å². The van der Waals surface area contributed by atoms with Gasteiger partial charge in [0, 0.05) is 18.0 Å². The molecule has 0 radical (unpaired) electrons. The summed E-state index contributed by atoms with van der Waals surface area (Å²) in [5, 5.41) is 1.05. The summed E-state index contributed by atoms with van der Waals surface area (Å²) >= 11 is 0. The van der Waals surface area contributed by atoms with Gasteiger partial charge in [-0.1, -0.05) is 0 Å². The maximum Gasteiger partial charge on any atom is 0.336 e. The molecule has 0 N–H and O–H groups in total. The lowest BCUT2D eigenvalue weighted by Gasteiger charge is -2.16. The van der Waals surface area contributed by atoms with Crippen LogP contribution in [-0.2, 0) is 25.9 Å². The van der Waals surface area contributed by atoms with Crippen LogP contribution in [-0.4, -0.2) is 11.9 Å². The van der Waals surface area contributed by atoms with Gasteiger partial charge < -0.3 is 8.83 Å². The van der Waals surface area contributed by atoms with E-state index in [2.05, 4.69) is 17.0 Å².